The number of rotatable bonds is 11. The Kier molecular flexibility index (Phi) is 9.84. The summed E-state index contributed by atoms with van der Waals surface area (Å²) < 4.78 is 0. The van der Waals surface area contributed by atoms with E-state index in [1.165, 1.54) is 89.6 Å². The van der Waals surface area contributed by atoms with Crippen LogP contribution in [0.1, 0.15) is 84.5 Å². The minimum absolute atomic E-state index is 1.04. The third kappa shape index (κ3) is 8.28. The number of amidine groups is 1. The van der Waals surface area contributed by atoms with Crippen molar-refractivity contribution in [3.8, 4) is 0 Å². The van der Waals surface area contributed by atoms with Crippen LogP contribution in [0.4, 0.5) is 0 Å². The van der Waals surface area contributed by atoms with Gasteiger partial charge in [0.25, 0.3) is 0 Å². The monoisotopic (exact) mass is 266 g/mol. The molecule has 1 aliphatic rings. The average Bonchev–Trinajstić information content (AvgIpc) is 2.43. The van der Waals surface area contributed by atoms with Crippen molar-refractivity contribution in [1.82, 2.24) is 4.90 Å². The molecule has 0 aromatic carbocycles. The topological polar surface area (TPSA) is 15.6 Å². The van der Waals surface area contributed by atoms with Gasteiger partial charge in [-0.2, -0.15) is 0 Å². The smallest absolute Gasteiger partial charge is 0.0957 e. The Morgan fingerprint density at radius 3 is 2.05 bits per heavy atom. The molecule has 1 aliphatic heterocycles. The minimum atomic E-state index is 1.04. The van der Waals surface area contributed by atoms with Crippen molar-refractivity contribution < 1.29 is 0 Å². The summed E-state index contributed by atoms with van der Waals surface area (Å²) in [6.07, 6.45) is 15.5. The van der Waals surface area contributed by atoms with E-state index in [-0.39, 0.29) is 0 Å². The zero-order chi connectivity index (χ0) is 13.8. The van der Waals surface area contributed by atoms with E-state index in [9.17, 15) is 0 Å². The zero-order valence-corrected chi connectivity index (χ0v) is 13.3. The van der Waals surface area contributed by atoms with Gasteiger partial charge in [-0.1, -0.05) is 64.7 Å². The van der Waals surface area contributed by atoms with Crippen LogP contribution < -0.4 is 0 Å². The van der Waals surface area contributed by atoms with Gasteiger partial charge >= 0.3 is 0 Å². The molecule has 0 aliphatic carbocycles. The molecule has 0 saturated heterocycles. The quantitative estimate of drug-likeness (QED) is 0.479. The normalized spacial score (nSPS) is 15.7. The molecule has 0 spiro atoms. The molecule has 0 bridgehead atoms. The third-order valence-corrected chi connectivity index (χ3v) is 4.17. The van der Waals surface area contributed by atoms with E-state index in [1.807, 2.05) is 0 Å². The van der Waals surface area contributed by atoms with Crippen molar-refractivity contribution in [3.63, 3.8) is 0 Å². The maximum Gasteiger partial charge on any atom is 0.0957 e. The fraction of sp³-hybridized carbons (Fsp3) is 0.941. The summed E-state index contributed by atoms with van der Waals surface area (Å²) >= 11 is 0. The Hall–Kier alpha value is -0.530. The van der Waals surface area contributed by atoms with Gasteiger partial charge in [0.1, 0.15) is 0 Å². The maximum absolute atomic E-state index is 4.52. The van der Waals surface area contributed by atoms with Crippen LogP contribution in [0.3, 0.4) is 0 Å². The van der Waals surface area contributed by atoms with Crippen molar-refractivity contribution in [2.45, 2.75) is 84.5 Å². The van der Waals surface area contributed by atoms with Gasteiger partial charge in [0, 0.05) is 19.6 Å². The van der Waals surface area contributed by atoms with Crippen LogP contribution in [0.2, 0.25) is 0 Å². The Balaban J connectivity index is 1.83. The van der Waals surface area contributed by atoms with Crippen LogP contribution in [0.5, 0.6) is 0 Å². The molecule has 2 nitrogen and oxygen atoms in total. The summed E-state index contributed by atoms with van der Waals surface area (Å²) in [5, 5.41) is 0. The largest absolute Gasteiger partial charge is 0.361 e. The molecule has 112 valence electrons. The molecule has 0 saturated carbocycles. The summed E-state index contributed by atoms with van der Waals surface area (Å²) in [5.41, 5.74) is 0. The summed E-state index contributed by atoms with van der Waals surface area (Å²) in [4.78, 5) is 6.98. The van der Waals surface area contributed by atoms with Crippen LogP contribution in [-0.4, -0.2) is 30.4 Å². The first-order valence-corrected chi connectivity index (χ1v) is 8.60. The number of hydrogen-bond acceptors (Lipinski definition) is 2. The molecule has 1 rings (SSSR count). The Morgan fingerprint density at radius 1 is 0.895 bits per heavy atom. The van der Waals surface area contributed by atoms with Gasteiger partial charge in [0.2, 0.25) is 0 Å². The SMILES string of the molecule is CCCCCCCCCCCCN1CCCN=C1C. The van der Waals surface area contributed by atoms with Crippen LogP contribution in [0, 0.1) is 0 Å². The molecule has 0 fully saturated rings. The predicted octanol–water partition coefficient (Wildman–Crippen LogP) is 5.03. The van der Waals surface area contributed by atoms with Crippen LogP contribution in [0.15, 0.2) is 4.99 Å². The summed E-state index contributed by atoms with van der Waals surface area (Å²) in [7, 11) is 0. The molecule has 0 radical (unpaired) electrons. The molecule has 0 aromatic rings. The molecule has 0 aromatic heterocycles. The third-order valence-electron chi connectivity index (χ3n) is 4.17. The lowest BCUT2D eigenvalue weighted by Gasteiger charge is -2.27. The highest BCUT2D eigenvalue weighted by Crippen LogP contribution is 2.11. The van der Waals surface area contributed by atoms with E-state index >= 15 is 0 Å². The minimum Gasteiger partial charge on any atom is -0.361 e. The van der Waals surface area contributed by atoms with E-state index in [0.29, 0.717) is 0 Å². The van der Waals surface area contributed by atoms with Crippen LogP contribution in [0.25, 0.3) is 0 Å². The van der Waals surface area contributed by atoms with E-state index < -0.39 is 0 Å². The van der Waals surface area contributed by atoms with Gasteiger partial charge in [0.15, 0.2) is 0 Å². The number of hydrogen-bond donors (Lipinski definition) is 0. The van der Waals surface area contributed by atoms with E-state index in [4.69, 9.17) is 0 Å². The van der Waals surface area contributed by atoms with E-state index in [0.717, 1.165) is 6.54 Å². The second-order valence-corrected chi connectivity index (χ2v) is 5.95. The molecule has 0 unspecified atom stereocenters. The first-order valence-electron chi connectivity index (χ1n) is 8.60. The second kappa shape index (κ2) is 11.3. The van der Waals surface area contributed by atoms with Crippen molar-refractivity contribution in [3.05, 3.63) is 0 Å². The number of unbranched alkanes of at least 4 members (excludes halogenated alkanes) is 9. The van der Waals surface area contributed by atoms with Crippen LogP contribution >= 0.6 is 0 Å². The Bertz CT molecular complexity index is 235. The Labute approximate surface area is 120 Å². The fourth-order valence-corrected chi connectivity index (χ4v) is 2.83. The molecule has 2 heteroatoms. The summed E-state index contributed by atoms with van der Waals surface area (Å²) in [6, 6.07) is 0. The van der Waals surface area contributed by atoms with Gasteiger partial charge in [-0.3, -0.25) is 4.99 Å². The lowest BCUT2D eigenvalue weighted by atomic mass is 10.1. The standard InChI is InChI=1S/C17H34N2/c1-3-4-5-6-7-8-9-10-11-12-15-19-16-13-14-18-17(19)2/h3-16H2,1-2H3. The van der Waals surface area contributed by atoms with Gasteiger partial charge < -0.3 is 4.90 Å². The number of aliphatic imine (C=N–C) groups is 1. The van der Waals surface area contributed by atoms with Gasteiger partial charge in [-0.25, -0.2) is 0 Å². The zero-order valence-electron chi connectivity index (χ0n) is 13.3. The lowest BCUT2D eigenvalue weighted by Crippen LogP contribution is -2.34. The number of nitrogens with zero attached hydrogens (tertiary/aromatic N) is 2. The molecule has 1 heterocycles. The fourth-order valence-electron chi connectivity index (χ4n) is 2.83. The average molecular weight is 266 g/mol. The highest BCUT2D eigenvalue weighted by molar-refractivity contribution is 5.80. The van der Waals surface area contributed by atoms with E-state index in [1.54, 1.807) is 0 Å². The summed E-state index contributed by atoms with van der Waals surface area (Å²) in [6.45, 7) is 7.95. The van der Waals surface area contributed by atoms with Crippen molar-refractivity contribution in [2.75, 3.05) is 19.6 Å². The first kappa shape index (κ1) is 16.5. The molecular weight excluding hydrogens is 232 g/mol. The molecule has 0 N–H and O–H groups in total. The van der Waals surface area contributed by atoms with Crippen LogP contribution in [-0.2, 0) is 0 Å². The van der Waals surface area contributed by atoms with Gasteiger partial charge in [0.05, 0.1) is 5.84 Å². The summed E-state index contributed by atoms with van der Waals surface area (Å²) in [5.74, 6) is 1.27. The van der Waals surface area contributed by atoms with Crippen molar-refractivity contribution in [2.24, 2.45) is 4.99 Å². The van der Waals surface area contributed by atoms with Crippen molar-refractivity contribution in [1.29, 1.82) is 0 Å². The molecule has 0 atom stereocenters. The highest BCUT2D eigenvalue weighted by atomic mass is 15.2. The van der Waals surface area contributed by atoms with Crippen molar-refractivity contribution >= 4 is 5.84 Å². The lowest BCUT2D eigenvalue weighted by molar-refractivity contribution is 0.376. The first-order chi connectivity index (χ1) is 9.34. The Morgan fingerprint density at radius 2 is 1.47 bits per heavy atom. The second-order valence-electron chi connectivity index (χ2n) is 5.95. The van der Waals surface area contributed by atoms with E-state index in [2.05, 4.69) is 23.7 Å². The highest BCUT2D eigenvalue weighted by Gasteiger charge is 2.09. The molecular formula is C17H34N2. The van der Waals surface area contributed by atoms with Gasteiger partial charge in [-0.15, -0.1) is 0 Å². The predicted molar refractivity (Wildman–Crippen MR) is 86.0 cm³/mol. The van der Waals surface area contributed by atoms with Gasteiger partial charge in [-0.05, 0) is 19.8 Å². The molecule has 0 amide bonds. The maximum atomic E-state index is 4.52. The molecule has 19 heavy (non-hydrogen) atoms.